The molecule has 0 spiro atoms. The summed E-state index contributed by atoms with van der Waals surface area (Å²) < 4.78 is 0. The van der Waals surface area contributed by atoms with Gasteiger partial charge in [0.1, 0.15) is 5.78 Å². The Labute approximate surface area is 165 Å². The van der Waals surface area contributed by atoms with Crippen LogP contribution in [0.25, 0.3) is 0 Å². The van der Waals surface area contributed by atoms with Gasteiger partial charge in [-0.3, -0.25) is 9.59 Å². The van der Waals surface area contributed by atoms with Gasteiger partial charge in [0.2, 0.25) is 0 Å². The van der Waals surface area contributed by atoms with Crippen molar-refractivity contribution in [1.82, 2.24) is 0 Å². The summed E-state index contributed by atoms with van der Waals surface area (Å²) in [6, 6.07) is 0. The number of Topliss-reactive ketones (excluding diaryl/α,β-unsaturated/α-hetero) is 2. The predicted octanol–water partition coefficient (Wildman–Crippen LogP) is 3.55. The lowest BCUT2D eigenvalue weighted by Gasteiger charge is -2.33. The zero-order valence-corrected chi connectivity index (χ0v) is 15.7. The van der Waals surface area contributed by atoms with Crippen LogP contribution >= 0.6 is 0 Å². The van der Waals surface area contributed by atoms with Crippen LogP contribution in [-0.2, 0) is 9.59 Å². The van der Waals surface area contributed by atoms with Gasteiger partial charge in [-0.05, 0) is 29.7 Å². The van der Waals surface area contributed by atoms with Gasteiger partial charge in [-0.1, -0.05) is 60.8 Å². The van der Waals surface area contributed by atoms with Gasteiger partial charge < -0.3 is 11.1 Å². The summed E-state index contributed by atoms with van der Waals surface area (Å²) in [6.07, 6.45) is 20.8. The minimum atomic E-state index is -0.555. The molecule has 4 aliphatic carbocycles. The molecule has 0 radical (unpaired) electrons. The van der Waals surface area contributed by atoms with Gasteiger partial charge in [-0.15, -0.1) is 0 Å². The van der Waals surface area contributed by atoms with Crippen LogP contribution in [-0.4, -0.2) is 23.8 Å². The van der Waals surface area contributed by atoms with Gasteiger partial charge in [0.15, 0.2) is 5.78 Å². The third kappa shape index (κ3) is 3.14. The molecule has 4 nitrogen and oxygen atoms in total. The Morgan fingerprint density at radius 3 is 2.50 bits per heavy atom. The van der Waals surface area contributed by atoms with E-state index in [-0.39, 0.29) is 29.1 Å². The molecule has 3 atom stereocenters. The van der Waals surface area contributed by atoms with Crippen LogP contribution in [0.2, 0.25) is 0 Å². The third-order valence-electron chi connectivity index (χ3n) is 5.90. The fourth-order valence-electron chi connectivity index (χ4n) is 4.58. The molecule has 0 aromatic heterocycles. The highest BCUT2D eigenvalue weighted by atomic mass is 16.1. The van der Waals surface area contributed by atoms with E-state index < -0.39 is 5.92 Å². The highest BCUT2D eigenvalue weighted by Gasteiger charge is 2.39. The molecule has 0 saturated carbocycles. The molecule has 3 unspecified atom stereocenters. The number of fused-ring (bicyclic) bond motifs is 2. The number of nitrogens with one attached hydrogen (secondary N) is 1. The molecule has 0 fully saturated rings. The first-order valence-electron chi connectivity index (χ1n) is 9.79. The minimum Gasteiger partial charge on any atom is -0.330 e. The molecule has 0 aromatic rings. The SMILES string of the molecule is N=C(C(CCN)=C1C(=O)CC=C2C=CC=CC21)C1C(=O)CC=C2C=CC=CC21. The van der Waals surface area contributed by atoms with Crippen LogP contribution in [0.15, 0.2) is 83.1 Å². The standard InChI is InChI=1S/C24H24N2O2/c25-14-13-19(22-17-7-3-1-5-15(17)9-11-20(22)27)24(26)23-18-8-4-2-6-16(18)10-12-21(23)28/h1-10,17-18,23,26H,11-14,25H2. The van der Waals surface area contributed by atoms with E-state index in [0.29, 0.717) is 37.0 Å². The maximum Gasteiger partial charge on any atom is 0.163 e. The van der Waals surface area contributed by atoms with Crippen LogP contribution < -0.4 is 5.73 Å². The van der Waals surface area contributed by atoms with E-state index in [1.807, 2.05) is 60.8 Å². The highest BCUT2D eigenvalue weighted by Crippen LogP contribution is 2.39. The number of hydrogen-bond acceptors (Lipinski definition) is 4. The Bertz CT molecular complexity index is 953. The minimum absolute atomic E-state index is 0.0278. The average Bonchev–Trinajstić information content (AvgIpc) is 2.72. The smallest absolute Gasteiger partial charge is 0.163 e. The summed E-state index contributed by atoms with van der Waals surface area (Å²) in [5, 5.41) is 9.00. The van der Waals surface area contributed by atoms with Crippen LogP contribution in [0.5, 0.6) is 0 Å². The van der Waals surface area contributed by atoms with Crippen molar-refractivity contribution in [1.29, 1.82) is 5.41 Å². The summed E-state index contributed by atoms with van der Waals surface area (Å²) in [6.45, 7) is 0.337. The van der Waals surface area contributed by atoms with E-state index in [9.17, 15) is 9.59 Å². The Balaban J connectivity index is 1.79. The highest BCUT2D eigenvalue weighted by molar-refractivity contribution is 6.17. The first-order valence-corrected chi connectivity index (χ1v) is 9.79. The van der Waals surface area contributed by atoms with Crippen molar-refractivity contribution in [3.05, 3.63) is 83.1 Å². The van der Waals surface area contributed by atoms with Gasteiger partial charge in [-0.25, -0.2) is 0 Å². The second-order valence-corrected chi connectivity index (χ2v) is 7.52. The first-order chi connectivity index (χ1) is 13.6. The van der Waals surface area contributed by atoms with Crippen molar-refractivity contribution in [2.75, 3.05) is 6.54 Å². The summed E-state index contributed by atoms with van der Waals surface area (Å²) in [5.74, 6) is -0.779. The molecular formula is C24H24N2O2. The fraction of sp³-hybridized carbons (Fsp3) is 0.292. The average molecular weight is 372 g/mol. The molecule has 0 saturated heterocycles. The zero-order valence-electron chi connectivity index (χ0n) is 15.7. The topological polar surface area (TPSA) is 84.0 Å². The molecule has 4 heteroatoms. The van der Waals surface area contributed by atoms with E-state index in [2.05, 4.69) is 0 Å². The maximum atomic E-state index is 12.9. The molecule has 0 heterocycles. The van der Waals surface area contributed by atoms with Crippen molar-refractivity contribution < 1.29 is 9.59 Å². The van der Waals surface area contributed by atoms with Gasteiger partial charge >= 0.3 is 0 Å². The summed E-state index contributed by atoms with van der Waals surface area (Å²) in [7, 11) is 0. The lowest BCUT2D eigenvalue weighted by molar-refractivity contribution is -0.121. The van der Waals surface area contributed by atoms with E-state index in [4.69, 9.17) is 11.1 Å². The van der Waals surface area contributed by atoms with Gasteiger partial charge in [-0.2, -0.15) is 0 Å². The molecule has 4 rings (SSSR count). The summed E-state index contributed by atoms with van der Waals surface area (Å²) in [5.41, 5.74) is 9.59. The quantitative estimate of drug-likeness (QED) is 0.585. The van der Waals surface area contributed by atoms with E-state index in [0.717, 1.165) is 11.1 Å². The lowest BCUT2D eigenvalue weighted by Crippen LogP contribution is -2.37. The second-order valence-electron chi connectivity index (χ2n) is 7.52. The van der Waals surface area contributed by atoms with Gasteiger partial charge in [0.05, 0.1) is 5.92 Å². The number of ketones is 2. The monoisotopic (exact) mass is 372 g/mol. The Morgan fingerprint density at radius 1 is 1.00 bits per heavy atom. The molecule has 0 aliphatic heterocycles. The van der Waals surface area contributed by atoms with E-state index in [1.54, 1.807) is 0 Å². The first kappa shape index (κ1) is 18.5. The molecule has 28 heavy (non-hydrogen) atoms. The van der Waals surface area contributed by atoms with Crippen LogP contribution in [0.4, 0.5) is 0 Å². The van der Waals surface area contributed by atoms with Gasteiger partial charge in [0.25, 0.3) is 0 Å². The zero-order chi connectivity index (χ0) is 19.7. The lowest BCUT2D eigenvalue weighted by atomic mass is 9.69. The van der Waals surface area contributed by atoms with Crippen LogP contribution in [0.1, 0.15) is 19.3 Å². The molecule has 0 amide bonds. The van der Waals surface area contributed by atoms with Crippen molar-refractivity contribution >= 4 is 17.3 Å². The normalized spacial score (nSPS) is 29.8. The summed E-state index contributed by atoms with van der Waals surface area (Å²) in [4.78, 5) is 25.7. The number of rotatable bonds is 4. The maximum absolute atomic E-state index is 12.9. The number of allylic oxidation sites excluding steroid dienone is 13. The predicted molar refractivity (Wildman–Crippen MR) is 111 cm³/mol. The number of carbonyl (C=O) groups is 2. The molecule has 0 aromatic carbocycles. The van der Waals surface area contributed by atoms with E-state index >= 15 is 0 Å². The Hall–Kier alpha value is -2.85. The fourth-order valence-corrected chi connectivity index (χ4v) is 4.58. The number of hydrogen-bond donors (Lipinski definition) is 2. The Morgan fingerprint density at radius 2 is 1.71 bits per heavy atom. The molecular weight excluding hydrogens is 348 g/mol. The summed E-state index contributed by atoms with van der Waals surface area (Å²) >= 11 is 0. The molecule has 4 aliphatic rings. The van der Waals surface area contributed by atoms with Gasteiger partial charge in [0, 0.05) is 36.0 Å². The van der Waals surface area contributed by atoms with Crippen molar-refractivity contribution in [3.8, 4) is 0 Å². The largest absolute Gasteiger partial charge is 0.330 e. The van der Waals surface area contributed by atoms with Crippen molar-refractivity contribution in [2.45, 2.75) is 19.3 Å². The Kier molecular flexibility index (Phi) is 5.05. The second kappa shape index (κ2) is 7.64. The number of carbonyl (C=O) groups excluding carboxylic acids is 2. The van der Waals surface area contributed by atoms with E-state index in [1.165, 1.54) is 0 Å². The third-order valence-corrected chi connectivity index (χ3v) is 5.90. The van der Waals surface area contributed by atoms with Crippen LogP contribution in [0.3, 0.4) is 0 Å². The van der Waals surface area contributed by atoms with Crippen LogP contribution in [0, 0.1) is 23.2 Å². The molecule has 0 bridgehead atoms. The molecule has 142 valence electrons. The van der Waals surface area contributed by atoms with Crippen molar-refractivity contribution in [2.24, 2.45) is 23.5 Å². The van der Waals surface area contributed by atoms with Crippen molar-refractivity contribution in [3.63, 3.8) is 0 Å². The number of nitrogens with two attached hydrogens (primary N) is 1. The molecule has 3 N–H and O–H groups in total.